The third-order valence-electron chi connectivity index (χ3n) is 1.96. The number of hydrogen-bond acceptors (Lipinski definition) is 5. The van der Waals surface area contributed by atoms with Crippen LogP contribution >= 0.6 is 0 Å². The van der Waals surface area contributed by atoms with Gasteiger partial charge in [-0.05, 0) is 19.8 Å². The first-order valence-corrected chi connectivity index (χ1v) is 5.17. The number of hydrogen-bond donors (Lipinski definition) is 0. The average molecular weight is 230 g/mol. The lowest BCUT2D eigenvalue weighted by Gasteiger charge is -2.09. The molecule has 0 radical (unpaired) electrons. The predicted octanol–water partition coefficient (Wildman–Crippen LogP) is 1.59. The van der Waals surface area contributed by atoms with Crippen molar-refractivity contribution in [3.05, 3.63) is 0 Å². The molecular formula is C11H18O5. The molecule has 92 valence electrons. The summed E-state index contributed by atoms with van der Waals surface area (Å²) < 4.78 is 9.26. The van der Waals surface area contributed by atoms with Crippen LogP contribution in [0.15, 0.2) is 0 Å². The minimum Gasteiger partial charge on any atom is -0.434 e. The lowest BCUT2D eigenvalue weighted by atomic mass is 10.0. The second-order valence-corrected chi connectivity index (χ2v) is 4.04. The van der Waals surface area contributed by atoms with E-state index in [2.05, 4.69) is 4.74 Å². The number of carbonyl (C=O) groups excluding carboxylic acids is 3. The molecule has 0 N–H and O–H groups in total. The molecule has 0 saturated heterocycles. The summed E-state index contributed by atoms with van der Waals surface area (Å²) in [4.78, 5) is 33.1. The number of Topliss-reactive ketones (excluding diaryl/α,β-unsaturated/α-hetero) is 2. The summed E-state index contributed by atoms with van der Waals surface area (Å²) in [6.45, 7) is 6.40. The minimum absolute atomic E-state index is 0.208. The quantitative estimate of drug-likeness (QED) is 0.512. The summed E-state index contributed by atoms with van der Waals surface area (Å²) in [6.07, 6.45) is -0.877. The Balaban J connectivity index is 3.84. The molecule has 16 heavy (non-hydrogen) atoms. The van der Waals surface area contributed by atoms with Crippen LogP contribution in [-0.2, 0) is 19.1 Å². The minimum atomic E-state index is -0.877. The van der Waals surface area contributed by atoms with Crippen LogP contribution in [0, 0.1) is 11.8 Å². The molecule has 0 fully saturated rings. The van der Waals surface area contributed by atoms with Gasteiger partial charge in [-0.3, -0.25) is 9.59 Å². The third-order valence-corrected chi connectivity index (χ3v) is 1.96. The van der Waals surface area contributed by atoms with E-state index in [1.807, 2.05) is 13.8 Å². The van der Waals surface area contributed by atoms with Crippen molar-refractivity contribution in [2.24, 2.45) is 11.8 Å². The Morgan fingerprint density at radius 3 is 2.06 bits per heavy atom. The van der Waals surface area contributed by atoms with E-state index in [9.17, 15) is 14.4 Å². The molecule has 0 aliphatic rings. The molecule has 0 aliphatic heterocycles. The van der Waals surface area contributed by atoms with E-state index in [-0.39, 0.29) is 18.3 Å². The highest BCUT2D eigenvalue weighted by atomic mass is 16.7. The number of ether oxygens (including phenoxy) is 2. The molecular weight excluding hydrogens is 212 g/mol. The maximum Gasteiger partial charge on any atom is 0.508 e. The van der Waals surface area contributed by atoms with Gasteiger partial charge in [0.05, 0.1) is 12.5 Å². The van der Waals surface area contributed by atoms with Gasteiger partial charge in [-0.1, -0.05) is 13.8 Å². The summed E-state index contributed by atoms with van der Waals surface area (Å²) in [6, 6.07) is 0. The Hall–Kier alpha value is -1.39. The fourth-order valence-corrected chi connectivity index (χ4v) is 0.758. The summed E-state index contributed by atoms with van der Waals surface area (Å²) in [5, 5.41) is 0. The van der Waals surface area contributed by atoms with Crippen molar-refractivity contribution in [3.63, 3.8) is 0 Å². The maximum absolute atomic E-state index is 11.3. The third kappa shape index (κ3) is 6.16. The smallest absolute Gasteiger partial charge is 0.434 e. The second kappa shape index (κ2) is 6.98. The first kappa shape index (κ1) is 14.6. The SMILES string of the molecule is CC(=O)C(C)C(=O)COC(=O)OCC(C)C. The molecule has 0 saturated carbocycles. The molecule has 0 spiro atoms. The van der Waals surface area contributed by atoms with Gasteiger partial charge in [0.15, 0.2) is 12.4 Å². The fourth-order valence-electron chi connectivity index (χ4n) is 0.758. The highest BCUT2D eigenvalue weighted by Gasteiger charge is 2.19. The van der Waals surface area contributed by atoms with Gasteiger partial charge < -0.3 is 9.47 Å². The van der Waals surface area contributed by atoms with Gasteiger partial charge in [-0.2, -0.15) is 0 Å². The molecule has 0 bridgehead atoms. The van der Waals surface area contributed by atoms with Crippen LogP contribution in [0.1, 0.15) is 27.7 Å². The standard InChI is InChI=1S/C11H18O5/c1-7(2)5-15-11(14)16-6-10(13)8(3)9(4)12/h7-8H,5-6H2,1-4H3. The van der Waals surface area contributed by atoms with E-state index in [0.717, 1.165) is 0 Å². The molecule has 0 rings (SSSR count). The van der Waals surface area contributed by atoms with Crippen molar-refractivity contribution >= 4 is 17.7 Å². The highest BCUT2D eigenvalue weighted by molar-refractivity contribution is 6.01. The first-order valence-electron chi connectivity index (χ1n) is 5.17. The molecule has 5 heteroatoms. The number of rotatable bonds is 6. The molecule has 0 aromatic carbocycles. The zero-order valence-electron chi connectivity index (χ0n) is 10.1. The molecule has 1 atom stereocenters. The van der Waals surface area contributed by atoms with Crippen molar-refractivity contribution in [2.45, 2.75) is 27.7 Å². The predicted molar refractivity (Wildman–Crippen MR) is 57.0 cm³/mol. The van der Waals surface area contributed by atoms with E-state index >= 15 is 0 Å². The van der Waals surface area contributed by atoms with Gasteiger partial charge in [0.1, 0.15) is 5.78 Å². The van der Waals surface area contributed by atoms with Crippen molar-refractivity contribution in [3.8, 4) is 0 Å². The van der Waals surface area contributed by atoms with Crippen LogP contribution in [0.25, 0.3) is 0 Å². The van der Waals surface area contributed by atoms with Crippen molar-refractivity contribution in [1.29, 1.82) is 0 Å². The number of carbonyl (C=O) groups is 3. The second-order valence-electron chi connectivity index (χ2n) is 4.04. The van der Waals surface area contributed by atoms with Crippen molar-refractivity contribution in [1.82, 2.24) is 0 Å². The van der Waals surface area contributed by atoms with Crippen molar-refractivity contribution in [2.75, 3.05) is 13.2 Å². The number of ketones is 2. The monoisotopic (exact) mass is 230 g/mol. The summed E-state index contributed by atoms with van der Waals surface area (Å²) in [5.74, 6) is -1.20. The van der Waals surface area contributed by atoms with Crippen LogP contribution in [0.5, 0.6) is 0 Å². The summed E-state index contributed by atoms with van der Waals surface area (Å²) >= 11 is 0. The van der Waals surface area contributed by atoms with E-state index in [4.69, 9.17) is 4.74 Å². The van der Waals surface area contributed by atoms with Crippen LogP contribution < -0.4 is 0 Å². The normalized spacial score (nSPS) is 12.1. The van der Waals surface area contributed by atoms with Crippen LogP contribution in [-0.4, -0.2) is 30.9 Å². The average Bonchev–Trinajstić information content (AvgIpc) is 2.21. The highest BCUT2D eigenvalue weighted by Crippen LogP contribution is 2.00. The topological polar surface area (TPSA) is 69.7 Å². The Bertz CT molecular complexity index is 270. The van der Waals surface area contributed by atoms with Crippen molar-refractivity contribution < 1.29 is 23.9 Å². The summed E-state index contributed by atoms with van der Waals surface area (Å²) in [5.41, 5.74) is 0. The van der Waals surface area contributed by atoms with E-state index < -0.39 is 24.5 Å². The lowest BCUT2D eigenvalue weighted by Crippen LogP contribution is -2.25. The maximum atomic E-state index is 11.3. The fraction of sp³-hybridized carbons (Fsp3) is 0.727. The zero-order chi connectivity index (χ0) is 12.7. The Kier molecular flexibility index (Phi) is 6.37. The van der Waals surface area contributed by atoms with E-state index in [1.165, 1.54) is 13.8 Å². The zero-order valence-corrected chi connectivity index (χ0v) is 10.1. The Labute approximate surface area is 95.1 Å². The van der Waals surface area contributed by atoms with Crippen LogP contribution in [0.4, 0.5) is 4.79 Å². The molecule has 0 amide bonds. The Morgan fingerprint density at radius 1 is 1.06 bits per heavy atom. The van der Waals surface area contributed by atoms with Gasteiger partial charge in [0, 0.05) is 0 Å². The van der Waals surface area contributed by atoms with Crippen LogP contribution in [0.3, 0.4) is 0 Å². The lowest BCUT2D eigenvalue weighted by molar-refractivity contribution is -0.133. The van der Waals surface area contributed by atoms with Gasteiger partial charge in [-0.25, -0.2) is 4.79 Å². The van der Waals surface area contributed by atoms with Gasteiger partial charge in [-0.15, -0.1) is 0 Å². The molecule has 0 heterocycles. The largest absolute Gasteiger partial charge is 0.508 e. The van der Waals surface area contributed by atoms with E-state index in [0.29, 0.717) is 0 Å². The van der Waals surface area contributed by atoms with E-state index in [1.54, 1.807) is 0 Å². The molecule has 1 unspecified atom stereocenters. The molecule has 5 nitrogen and oxygen atoms in total. The van der Waals surface area contributed by atoms with Gasteiger partial charge >= 0.3 is 6.16 Å². The Morgan fingerprint density at radius 2 is 1.62 bits per heavy atom. The summed E-state index contributed by atoms with van der Waals surface area (Å²) in [7, 11) is 0. The first-order chi connectivity index (χ1) is 7.34. The van der Waals surface area contributed by atoms with Gasteiger partial charge in [0.25, 0.3) is 0 Å². The molecule has 0 aromatic rings. The molecule has 0 aliphatic carbocycles. The van der Waals surface area contributed by atoms with Gasteiger partial charge in [0.2, 0.25) is 0 Å². The van der Waals surface area contributed by atoms with Crippen LogP contribution in [0.2, 0.25) is 0 Å². The molecule has 0 aromatic heterocycles.